The highest BCUT2D eigenvalue weighted by Gasteiger charge is 2.15. The van der Waals surface area contributed by atoms with Gasteiger partial charge in [0.1, 0.15) is 0 Å². The van der Waals surface area contributed by atoms with E-state index in [9.17, 15) is 0 Å². The smallest absolute Gasteiger partial charge is 0.0540 e. The van der Waals surface area contributed by atoms with Gasteiger partial charge in [-0.2, -0.15) is 0 Å². The molecule has 0 heterocycles. The molecular formula is C31H25N. The topological polar surface area (TPSA) is 3.24 Å². The SMILES string of the molecule is C=Cc1ccc(N(c2ccc(-c3cccc(C)c3)cc2)c2cccc3ccccc23)cc1. The van der Waals surface area contributed by atoms with E-state index in [1.165, 1.54) is 27.5 Å². The molecule has 154 valence electrons. The first-order valence-electron chi connectivity index (χ1n) is 10.9. The third-order valence-electron chi connectivity index (χ3n) is 5.87. The highest BCUT2D eigenvalue weighted by molar-refractivity contribution is 5.99. The fraction of sp³-hybridized carbons (Fsp3) is 0.0323. The van der Waals surface area contributed by atoms with Crippen LogP contribution in [0.3, 0.4) is 0 Å². The van der Waals surface area contributed by atoms with Crippen LogP contribution in [0.4, 0.5) is 17.1 Å². The number of nitrogens with zero attached hydrogens (tertiary/aromatic N) is 1. The van der Waals surface area contributed by atoms with E-state index in [2.05, 4.69) is 134 Å². The first-order chi connectivity index (χ1) is 15.7. The summed E-state index contributed by atoms with van der Waals surface area (Å²) in [5, 5.41) is 2.46. The Bertz CT molecular complexity index is 1370. The Labute approximate surface area is 189 Å². The zero-order valence-electron chi connectivity index (χ0n) is 18.2. The number of benzene rings is 5. The van der Waals surface area contributed by atoms with Crippen molar-refractivity contribution in [1.82, 2.24) is 0 Å². The largest absolute Gasteiger partial charge is 0.310 e. The summed E-state index contributed by atoms with van der Waals surface area (Å²) in [7, 11) is 0. The molecule has 32 heavy (non-hydrogen) atoms. The Morgan fingerprint density at radius 3 is 2.00 bits per heavy atom. The lowest BCUT2D eigenvalue weighted by molar-refractivity contribution is 1.30. The van der Waals surface area contributed by atoms with Crippen molar-refractivity contribution < 1.29 is 0 Å². The van der Waals surface area contributed by atoms with Crippen LogP contribution < -0.4 is 4.90 Å². The van der Waals surface area contributed by atoms with E-state index in [-0.39, 0.29) is 0 Å². The van der Waals surface area contributed by atoms with E-state index in [1.807, 2.05) is 6.08 Å². The molecule has 0 aliphatic carbocycles. The Balaban J connectivity index is 1.65. The van der Waals surface area contributed by atoms with Crippen LogP contribution in [0.5, 0.6) is 0 Å². The molecule has 1 nitrogen and oxygen atoms in total. The molecule has 0 aromatic heterocycles. The molecular weight excluding hydrogens is 386 g/mol. The number of fused-ring (bicyclic) bond motifs is 1. The Morgan fingerprint density at radius 1 is 0.625 bits per heavy atom. The van der Waals surface area contributed by atoms with Crippen molar-refractivity contribution in [3.8, 4) is 11.1 Å². The average molecular weight is 412 g/mol. The lowest BCUT2D eigenvalue weighted by atomic mass is 10.0. The second kappa shape index (κ2) is 8.56. The molecule has 0 unspecified atom stereocenters. The van der Waals surface area contributed by atoms with Gasteiger partial charge in [-0.05, 0) is 59.3 Å². The molecule has 0 atom stereocenters. The van der Waals surface area contributed by atoms with Crippen LogP contribution in [0.2, 0.25) is 0 Å². The van der Waals surface area contributed by atoms with Crippen molar-refractivity contribution in [1.29, 1.82) is 0 Å². The number of rotatable bonds is 5. The maximum atomic E-state index is 3.89. The lowest BCUT2D eigenvalue weighted by Gasteiger charge is -2.27. The number of anilines is 3. The van der Waals surface area contributed by atoms with Crippen molar-refractivity contribution in [2.45, 2.75) is 6.92 Å². The van der Waals surface area contributed by atoms with E-state index in [0.717, 1.165) is 22.6 Å². The summed E-state index contributed by atoms with van der Waals surface area (Å²) in [6.45, 7) is 6.03. The Morgan fingerprint density at radius 2 is 1.28 bits per heavy atom. The number of hydrogen-bond acceptors (Lipinski definition) is 1. The second-order valence-corrected chi connectivity index (χ2v) is 8.05. The first kappa shape index (κ1) is 19.8. The van der Waals surface area contributed by atoms with Crippen LogP contribution in [-0.4, -0.2) is 0 Å². The predicted octanol–water partition coefficient (Wildman–Crippen LogP) is 8.93. The van der Waals surface area contributed by atoms with E-state index in [4.69, 9.17) is 0 Å². The average Bonchev–Trinajstić information content (AvgIpc) is 2.85. The van der Waals surface area contributed by atoms with Gasteiger partial charge in [-0.3, -0.25) is 0 Å². The van der Waals surface area contributed by atoms with Gasteiger partial charge in [-0.15, -0.1) is 0 Å². The minimum atomic E-state index is 1.11. The van der Waals surface area contributed by atoms with Gasteiger partial charge < -0.3 is 4.90 Å². The molecule has 0 spiro atoms. The zero-order valence-corrected chi connectivity index (χ0v) is 18.2. The molecule has 0 amide bonds. The zero-order chi connectivity index (χ0) is 21.9. The minimum Gasteiger partial charge on any atom is -0.310 e. The van der Waals surface area contributed by atoms with Gasteiger partial charge in [0, 0.05) is 16.8 Å². The minimum absolute atomic E-state index is 1.11. The third kappa shape index (κ3) is 3.81. The molecule has 0 aliphatic rings. The summed E-state index contributed by atoms with van der Waals surface area (Å²) >= 11 is 0. The summed E-state index contributed by atoms with van der Waals surface area (Å²) in [6.07, 6.45) is 1.88. The summed E-state index contributed by atoms with van der Waals surface area (Å²) < 4.78 is 0. The Hall–Kier alpha value is -4.10. The van der Waals surface area contributed by atoms with Crippen LogP contribution in [0.1, 0.15) is 11.1 Å². The summed E-state index contributed by atoms with van der Waals surface area (Å²) in [5.41, 5.74) is 8.26. The molecule has 0 bridgehead atoms. The van der Waals surface area contributed by atoms with Crippen LogP contribution in [0.15, 0.2) is 122 Å². The number of aryl methyl sites for hydroxylation is 1. The van der Waals surface area contributed by atoms with E-state index < -0.39 is 0 Å². The van der Waals surface area contributed by atoms with Crippen molar-refractivity contribution in [3.63, 3.8) is 0 Å². The molecule has 0 radical (unpaired) electrons. The van der Waals surface area contributed by atoms with Crippen molar-refractivity contribution in [2.24, 2.45) is 0 Å². The van der Waals surface area contributed by atoms with Crippen molar-refractivity contribution >= 4 is 33.9 Å². The Kier molecular flexibility index (Phi) is 5.31. The summed E-state index contributed by atoms with van der Waals surface area (Å²) in [4.78, 5) is 2.33. The predicted molar refractivity (Wildman–Crippen MR) is 139 cm³/mol. The molecule has 0 aliphatic heterocycles. The molecule has 0 N–H and O–H groups in total. The molecule has 0 saturated carbocycles. The molecule has 5 aromatic carbocycles. The molecule has 0 saturated heterocycles. The van der Waals surface area contributed by atoms with Crippen LogP contribution in [0.25, 0.3) is 28.0 Å². The highest BCUT2D eigenvalue weighted by atomic mass is 15.1. The van der Waals surface area contributed by atoms with Crippen LogP contribution in [-0.2, 0) is 0 Å². The maximum Gasteiger partial charge on any atom is 0.0540 e. The number of hydrogen-bond donors (Lipinski definition) is 0. The van der Waals surface area contributed by atoms with E-state index >= 15 is 0 Å². The standard InChI is InChI=1S/C31H25N/c1-3-24-14-18-28(19-15-24)32(31-13-7-10-26-9-4-5-12-30(26)31)29-20-16-25(17-21-29)27-11-6-8-23(2)22-27/h3-22H,1H2,2H3. The van der Waals surface area contributed by atoms with Gasteiger partial charge in [0.15, 0.2) is 0 Å². The molecule has 5 rings (SSSR count). The quantitative estimate of drug-likeness (QED) is 0.279. The third-order valence-corrected chi connectivity index (χ3v) is 5.87. The van der Waals surface area contributed by atoms with Gasteiger partial charge in [0.05, 0.1) is 5.69 Å². The normalized spacial score (nSPS) is 10.8. The molecule has 1 heteroatoms. The van der Waals surface area contributed by atoms with Crippen LogP contribution >= 0.6 is 0 Å². The van der Waals surface area contributed by atoms with Crippen molar-refractivity contribution in [3.05, 3.63) is 133 Å². The van der Waals surface area contributed by atoms with E-state index in [1.54, 1.807) is 0 Å². The van der Waals surface area contributed by atoms with Gasteiger partial charge in [-0.1, -0.05) is 103 Å². The fourth-order valence-corrected chi connectivity index (χ4v) is 4.22. The van der Waals surface area contributed by atoms with Gasteiger partial charge in [-0.25, -0.2) is 0 Å². The van der Waals surface area contributed by atoms with Crippen molar-refractivity contribution in [2.75, 3.05) is 4.90 Å². The highest BCUT2D eigenvalue weighted by Crippen LogP contribution is 2.39. The summed E-state index contributed by atoms with van der Waals surface area (Å²) in [5.74, 6) is 0. The van der Waals surface area contributed by atoms with Gasteiger partial charge in [0.25, 0.3) is 0 Å². The lowest BCUT2D eigenvalue weighted by Crippen LogP contribution is -2.10. The summed E-state index contributed by atoms with van der Waals surface area (Å²) in [6, 6.07) is 41.1. The molecule has 5 aromatic rings. The molecule has 0 fully saturated rings. The van der Waals surface area contributed by atoms with Gasteiger partial charge in [0.2, 0.25) is 0 Å². The second-order valence-electron chi connectivity index (χ2n) is 8.05. The van der Waals surface area contributed by atoms with Crippen LogP contribution in [0, 0.1) is 6.92 Å². The van der Waals surface area contributed by atoms with Gasteiger partial charge >= 0.3 is 0 Å². The van der Waals surface area contributed by atoms with E-state index in [0.29, 0.717) is 0 Å². The fourth-order valence-electron chi connectivity index (χ4n) is 4.22. The first-order valence-corrected chi connectivity index (χ1v) is 10.9. The maximum absolute atomic E-state index is 3.89. The monoisotopic (exact) mass is 411 g/mol.